The number of nitrogens with zero attached hydrogens (tertiary/aromatic N) is 1. The van der Waals surface area contributed by atoms with Gasteiger partial charge in [0.1, 0.15) is 15.7 Å². The Morgan fingerprint density at radius 1 is 1.22 bits per heavy atom. The van der Waals surface area contributed by atoms with E-state index in [9.17, 15) is 4.79 Å². The Kier molecular flexibility index (Phi) is 7.14. The number of aliphatic imine (C=N–C) groups is 1. The number of amides is 1. The number of hydrogen-bond acceptors (Lipinski definition) is 3. The van der Waals surface area contributed by atoms with Crippen LogP contribution in [0.3, 0.4) is 0 Å². The Morgan fingerprint density at radius 3 is 2.44 bits per heavy atom. The summed E-state index contributed by atoms with van der Waals surface area (Å²) in [6.07, 6.45) is 2.69. The van der Waals surface area contributed by atoms with Crippen LogP contribution < -0.4 is 16.2 Å². The molecule has 0 bridgehead atoms. The first-order valence-electron chi connectivity index (χ1n) is 8.60. The van der Waals surface area contributed by atoms with Crippen molar-refractivity contribution in [2.75, 3.05) is 0 Å². The smallest absolute Gasteiger partial charge is 0.280 e. The van der Waals surface area contributed by atoms with Gasteiger partial charge in [-0.15, -0.1) is 11.3 Å². The second-order valence-electron chi connectivity index (χ2n) is 6.48. The van der Waals surface area contributed by atoms with Crippen molar-refractivity contribution in [3.63, 3.8) is 0 Å². The highest BCUT2D eigenvalue weighted by Gasteiger charge is 2.24. The van der Waals surface area contributed by atoms with E-state index < -0.39 is 5.91 Å². The van der Waals surface area contributed by atoms with Crippen LogP contribution in [0.5, 0.6) is 5.75 Å². The third kappa shape index (κ3) is 5.61. The summed E-state index contributed by atoms with van der Waals surface area (Å²) in [5, 5.41) is 0. The molecule has 0 aliphatic heterocycles. The van der Waals surface area contributed by atoms with E-state index in [2.05, 4.69) is 25.8 Å². The topological polar surface area (TPSA) is 90.7 Å². The highest BCUT2D eigenvalue weighted by atomic mass is 35.5. The van der Waals surface area contributed by atoms with Crippen molar-refractivity contribution in [1.29, 1.82) is 0 Å². The lowest BCUT2D eigenvalue weighted by molar-refractivity contribution is 0.0738. The summed E-state index contributed by atoms with van der Waals surface area (Å²) in [5.41, 5.74) is 12.1. The molecule has 1 aromatic heterocycles. The van der Waals surface area contributed by atoms with Crippen LogP contribution in [0.2, 0.25) is 8.67 Å². The molecule has 2 rings (SSSR count). The second kappa shape index (κ2) is 8.95. The van der Waals surface area contributed by atoms with Crippen LogP contribution in [-0.4, -0.2) is 17.5 Å². The maximum atomic E-state index is 12.4. The number of thiophene rings is 1. The summed E-state index contributed by atoms with van der Waals surface area (Å²) in [5.74, 6) is -0.292. The van der Waals surface area contributed by atoms with E-state index >= 15 is 0 Å². The van der Waals surface area contributed by atoms with Gasteiger partial charge in [-0.3, -0.25) is 4.79 Å². The number of hydrogen-bond donors (Lipinski definition) is 2. The molecule has 1 aromatic carbocycles. The summed E-state index contributed by atoms with van der Waals surface area (Å²) < 4.78 is 7.35. The first kappa shape index (κ1) is 21.5. The summed E-state index contributed by atoms with van der Waals surface area (Å²) >= 11 is 13.6. The largest absolute Gasteiger partial charge is 0.488 e. The van der Waals surface area contributed by atoms with Crippen LogP contribution in [0.25, 0.3) is 11.1 Å². The molecule has 1 heterocycles. The average molecular weight is 428 g/mol. The summed E-state index contributed by atoms with van der Waals surface area (Å²) in [4.78, 5) is 16.0. The van der Waals surface area contributed by atoms with E-state index in [1.54, 1.807) is 18.2 Å². The molecular weight excluding hydrogens is 405 g/mol. The average Bonchev–Trinajstić information content (AvgIpc) is 2.92. The number of rotatable bonds is 7. The van der Waals surface area contributed by atoms with Crippen molar-refractivity contribution in [2.24, 2.45) is 16.5 Å². The minimum Gasteiger partial charge on any atom is -0.488 e. The number of nitrogens with two attached hydrogens (primary N) is 2. The molecule has 0 radical (unpaired) electrons. The molecule has 1 amide bonds. The van der Waals surface area contributed by atoms with Crippen LogP contribution in [-0.2, 0) is 0 Å². The molecule has 0 spiro atoms. The zero-order chi connectivity index (χ0) is 20.2. The van der Waals surface area contributed by atoms with Gasteiger partial charge in [0, 0.05) is 11.1 Å². The molecule has 5 nitrogen and oxygen atoms in total. The molecule has 8 heteroatoms. The standard InChI is InChI=1S/C19H23Cl2N3O2S/c1-4-6-19(3,5-2)26-13-8-11(14-10-15(20)27-16(14)21)7-12(9-13)17(25)24-18(22)23/h7-10H,4-6H2,1-3H3,(H4,22,23,24,25). The second-order valence-corrected chi connectivity index (χ2v) is 8.77. The monoisotopic (exact) mass is 427 g/mol. The van der Waals surface area contributed by atoms with Crippen LogP contribution in [0.1, 0.15) is 50.4 Å². The number of halogens is 2. The molecule has 146 valence electrons. The van der Waals surface area contributed by atoms with E-state index in [1.165, 1.54) is 11.3 Å². The first-order valence-corrected chi connectivity index (χ1v) is 10.2. The normalized spacial score (nSPS) is 13.1. The highest BCUT2D eigenvalue weighted by Crippen LogP contribution is 2.40. The molecule has 27 heavy (non-hydrogen) atoms. The molecular formula is C19H23Cl2N3O2S. The number of benzene rings is 1. The van der Waals surface area contributed by atoms with Gasteiger partial charge < -0.3 is 16.2 Å². The maximum Gasteiger partial charge on any atom is 0.280 e. The summed E-state index contributed by atoms with van der Waals surface area (Å²) in [7, 11) is 0. The van der Waals surface area contributed by atoms with Gasteiger partial charge in [0.05, 0.1) is 4.34 Å². The minimum atomic E-state index is -0.548. The fraction of sp³-hybridized carbons (Fsp3) is 0.368. The van der Waals surface area contributed by atoms with Gasteiger partial charge in [-0.2, -0.15) is 4.99 Å². The zero-order valence-corrected chi connectivity index (χ0v) is 17.8. The molecule has 0 fully saturated rings. The van der Waals surface area contributed by atoms with E-state index in [1.807, 2.05) is 6.07 Å². The Labute approximate surface area is 173 Å². The van der Waals surface area contributed by atoms with E-state index in [-0.39, 0.29) is 11.6 Å². The van der Waals surface area contributed by atoms with Gasteiger partial charge in [-0.25, -0.2) is 0 Å². The number of ether oxygens (including phenoxy) is 1. The van der Waals surface area contributed by atoms with Gasteiger partial charge in [0.2, 0.25) is 0 Å². The molecule has 1 atom stereocenters. The number of carbonyl (C=O) groups is 1. The lowest BCUT2D eigenvalue weighted by atomic mass is 9.97. The predicted octanol–water partition coefficient (Wildman–Crippen LogP) is 5.48. The maximum absolute atomic E-state index is 12.4. The van der Waals surface area contributed by atoms with Gasteiger partial charge in [0.25, 0.3) is 5.91 Å². The van der Waals surface area contributed by atoms with Gasteiger partial charge in [-0.1, -0.05) is 43.5 Å². The molecule has 0 saturated heterocycles. The Hall–Kier alpha value is -1.76. The fourth-order valence-electron chi connectivity index (χ4n) is 2.77. The number of guanidine groups is 1. The minimum absolute atomic E-state index is 0.297. The van der Waals surface area contributed by atoms with Crippen LogP contribution in [0, 0.1) is 0 Å². The first-order chi connectivity index (χ1) is 12.7. The van der Waals surface area contributed by atoms with Crippen molar-refractivity contribution < 1.29 is 9.53 Å². The third-order valence-corrected chi connectivity index (χ3v) is 5.73. The zero-order valence-electron chi connectivity index (χ0n) is 15.5. The molecule has 0 saturated carbocycles. The molecule has 4 N–H and O–H groups in total. The van der Waals surface area contributed by atoms with E-state index in [4.69, 9.17) is 39.4 Å². The van der Waals surface area contributed by atoms with Crippen molar-refractivity contribution in [2.45, 2.75) is 45.6 Å². The highest BCUT2D eigenvalue weighted by molar-refractivity contribution is 7.20. The van der Waals surface area contributed by atoms with Crippen LogP contribution in [0.15, 0.2) is 29.3 Å². The molecule has 2 aromatic rings. The van der Waals surface area contributed by atoms with Crippen molar-refractivity contribution in [3.05, 3.63) is 38.5 Å². The Morgan fingerprint density at radius 2 is 1.93 bits per heavy atom. The van der Waals surface area contributed by atoms with Crippen molar-refractivity contribution in [1.82, 2.24) is 0 Å². The van der Waals surface area contributed by atoms with Crippen LogP contribution >= 0.6 is 34.5 Å². The van der Waals surface area contributed by atoms with Gasteiger partial charge >= 0.3 is 0 Å². The Bertz CT molecular complexity index is 863. The molecule has 0 aliphatic carbocycles. The summed E-state index contributed by atoms with van der Waals surface area (Å²) in [6.45, 7) is 6.23. The number of carbonyl (C=O) groups excluding carboxylic acids is 1. The van der Waals surface area contributed by atoms with Gasteiger partial charge in [0.15, 0.2) is 5.96 Å². The molecule has 0 aliphatic rings. The van der Waals surface area contributed by atoms with E-state index in [0.717, 1.165) is 24.8 Å². The lowest BCUT2D eigenvalue weighted by Gasteiger charge is -2.29. The lowest BCUT2D eigenvalue weighted by Crippen LogP contribution is -2.31. The van der Waals surface area contributed by atoms with Crippen molar-refractivity contribution in [3.8, 4) is 16.9 Å². The third-order valence-electron chi connectivity index (χ3n) is 4.24. The predicted molar refractivity (Wildman–Crippen MR) is 114 cm³/mol. The Balaban J connectivity index is 2.56. The fourth-order valence-corrected chi connectivity index (χ4v) is 4.28. The molecule has 1 unspecified atom stereocenters. The van der Waals surface area contributed by atoms with Crippen LogP contribution in [0.4, 0.5) is 0 Å². The van der Waals surface area contributed by atoms with E-state index in [0.29, 0.717) is 25.5 Å². The SMILES string of the molecule is CCCC(C)(CC)Oc1cc(C(=O)N=C(N)N)cc(-c2cc(Cl)sc2Cl)c1. The van der Waals surface area contributed by atoms with Gasteiger partial charge in [-0.05, 0) is 49.6 Å². The summed E-state index contributed by atoms with van der Waals surface area (Å²) in [6, 6.07) is 6.92. The quantitative estimate of drug-likeness (QED) is 0.451. The van der Waals surface area contributed by atoms with Crippen molar-refractivity contribution >= 4 is 46.4 Å².